The number of amides is 1. The smallest absolute Gasteiger partial charge is 0.221 e. The normalized spacial score (nSPS) is 11.1. The van der Waals surface area contributed by atoms with E-state index in [-0.39, 0.29) is 18.2 Å². The van der Waals surface area contributed by atoms with Gasteiger partial charge in [0.25, 0.3) is 0 Å². The van der Waals surface area contributed by atoms with Gasteiger partial charge in [-0.05, 0) is 35.2 Å². The van der Waals surface area contributed by atoms with Crippen molar-refractivity contribution in [3.63, 3.8) is 0 Å². The number of carbonyl (C=O) groups excluding carboxylic acids is 1. The molecule has 0 atom stereocenters. The maximum Gasteiger partial charge on any atom is 0.221 e. The standard InChI is InChI=1S/C30H33N3O3S/c1-35-28-19-23(20-29(31)34)13-14-27(28)36-17-8-16-33(22-30-32-15-18-37-30)21-26(24-9-4-2-5-10-24)25-11-6-3-7-12-25/h2-7,9-15,18-19,26H,8,16-17,20-22H2,1H3,(H2,31,34). The Hall–Kier alpha value is -3.68. The maximum absolute atomic E-state index is 11.2. The van der Waals surface area contributed by atoms with Gasteiger partial charge in [0.2, 0.25) is 5.91 Å². The van der Waals surface area contributed by atoms with Crippen molar-refractivity contribution in [3.8, 4) is 11.5 Å². The molecule has 0 unspecified atom stereocenters. The SMILES string of the molecule is COc1cc(CC(N)=O)ccc1OCCCN(Cc1nccs1)CC(c1ccccc1)c1ccccc1. The van der Waals surface area contributed by atoms with E-state index in [9.17, 15) is 4.79 Å². The Morgan fingerprint density at radius 1 is 1.00 bits per heavy atom. The molecule has 0 radical (unpaired) electrons. The van der Waals surface area contributed by atoms with Crippen LogP contribution in [0.4, 0.5) is 0 Å². The number of primary amides is 1. The quantitative estimate of drug-likeness (QED) is 0.231. The third kappa shape index (κ3) is 7.90. The van der Waals surface area contributed by atoms with Crippen LogP contribution in [-0.4, -0.2) is 42.6 Å². The van der Waals surface area contributed by atoms with Crippen LogP contribution in [0.1, 0.15) is 34.0 Å². The number of benzene rings is 3. The zero-order valence-corrected chi connectivity index (χ0v) is 21.9. The summed E-state index contributed by atoms with van der Waals surface area (Å²) in [5.74, 6) is 1.14. The van der Waals surface area contributed by atoms with Crippen molar-refractivity contribution in [1.29, 1.82) is 0 Å². The Bertz CT molecular complexity index is 1190. The van der Waals surface area contributed by atoms with E-state index in [1.54, 1.807) is 24.5 Å². The molecule has 0 aliphatic rings. The van der Waals surface area contributed by atoms with Crippen LogP contribution in [0.5, 0.6) is 11.5 Å². The second-order valence-electron chi connectivity index (χ2n) is 8.87. The molecule has 6 nitrogen and oxygen atoms in total. The average molecular weight is 516 g/mol. The first-order valence-electron chi connectivity index (χ1n) is 12.4. The summed E-state index contributed by atoms with van der Waals surface area (Å²) in [6.45, 7) is 3.07. The second-order valence-corrected chi connectivity index (χ2v) is 9.84. The number of ether oxygens (including phenoxy) is 2. The molecule has 1 amide bonds. The van der Waals surface area contributed by atoms with E-state index in [0.717, 1.165) is 36.6 Å². The molecule has 0 aliphatic heterocycles. The summed E-state index contributed by atoms with van der Waals surface area (Å²) in [6.07, 6.45) is 2.88. The topological polar surface area (TPSA) is 77.7 Å². The molecule has 0 saturated carbocycles. The molecule has 0 saturated heterocycles. The fourth-order valence-electron chi connectivity index (χ4n) is 4.40. The van der Waals surface area contributed by atoms with Gasteiger partial charge in [-0.2, -0.15) is 0 Å². The molecule has 4 aromatic rings. The van der Waals surface area contributed by atoms with Gasteiger partial charge in [0.1, 0.15) is 5.01 Å². The molecule has 0 spiro atoms. The maximum atomic E-state index is 11.2. The second kappa shape index (κ2) is 13.6. The molecule has 3 aromatic carbocycles. The minimum absolute atomic E-state index is 0.173. The average Bonchev–Trinajstić information content (AvgIpc) is 3.43. The number of methoxy groups -OCH3 is 1. The first-order valence-corrected chi connectivity index (χ1v) is 13.3. The number of rotatable bonds is 14. The third-order valence-corrected chi connectivity index (χ3v) is 6.93. The summed E-state index contributed by atoms with van der Waals surface area (Å²) in [5, 5.41) is 3.13. The van der Waals surface area contributed by atoms with E-state index in [4.69, 9.17) is 15.2 Å². The Balaban J connectivity index is 1.43. The molecule has 37 heavy (non-hydrogen) atoms. The monoisotopic (exact) mass is 515 g/mol. The van der Waals surface area contributed by atoms with Gasteiger partial charge < -0.3 is 15.2 Å². The minimum atomic E-state index is -0.375. The minimum Gasteiger partial charge on any atom is -0.493 e. The molecule has 0 aliphatic carbocycles. The number of hydrogen-bond donors (Lipinski definition) is 1. The molecule has 1 aromatic heterocycles. The summed E-state index contributed by atoms with van der Waals surface area (Å²) >= 11 is 1.68. The van der Waals surface area contributed by atoms with E-state index >= 15 is 0 Å². The van der Waals surface area contributed by atoms with Crippen LogP contribution >= 0.6 is 11.3 Å². The molecule has 7 heteroatoms. The fourth-order valence-corrected chi connectivity index (χ4v) is 5.06. The number of nitrogens with zero attached hydrogens (tertiary/aromatic N) is 2. The van der Waals surface area contributed by atoms with Crippen molar-refractivity contribution >= 4 is 17.2 Å². The van der Waals surface area contributed by atoms with Crippen molar-refractivity contribution in [2.75, 3.05) is 26.8 Å². The summed E-state index contributed by atoms with van der Waals surface area (Å²) in [4.78, 5) is 18.2. The fraction of sp³-hybridized carbons (Fsp3) is 0.267. The van der Waals surface area contributed by atoms with Crippen molar-refractivity contribution in [2.45, 2.75) is 25.3 Å². The molecule has 0 fully saturated rings. The number of thiazole rings is 1. The summed E-state index contributed by atoms with van der Waals surface area (Å²) in [6, 6.07) is 26.8. The number of aromatic nitrogens is 1. The zero-order chi connectivity index (χ0) is 25.9. The highest BCUT2D eigenvalue weighted by molar-refractivity contribution is 7.09. The first-order chi connectivity index (χ1) is 18.1. The number of carbonyl (C=O) groups is 1. The molecule has 0 bridgehead atoms. The van der Waals surface area contributed by atoms with Crippen molar-refractivity contribution in [3.05, 3.63) is 112 Å². The van der Waals surface area contributed by atoms with Gasteiger partial charge in [0.05, 0.1) is 26.7 Å². The lowest BCUT2D eigenvalue weighted by atomic mass is 9.90. The highest BCUT2D eigenvalue weighted by Gasteiger charge is 2.19. The highest BCUT2D eigenvalue weighted by atomic mass is 32.1. The van der Waals surface area contributed by atoms with Crippen molar-refractivity contribution < 1.29 is 14.3 Å². The van der Waals surface area contributed by atoms with Gasteiger partial charge in [0, 0.05) is 30.6 Å². The van der Waals surface area contributed by atoms with Gasteiger partial charge in [-0.3, -0.25) is 9.69 Å². The van der Waals surface area contributed by atoms with Gasteiger partial charge in [-0.15, -0.1) is 11.3 Å². The van der Waals surface area contributed by atoms with Crippen LogP contribution in [0, 0.1) is 0 Å². The van der Waals surface area contributed by atoms with E-state index in [0.29, 0.717) is 18.1 Å². The van der Waals surface area contributed by atoms with Gasteiger partial charge in [0.15, 0.2) is 11.5 Å². The van der Waals surface area contributed by atoms with Crippen LogP contribution in [0.25, 0.3) is 0 Å². The number of nitrogens with two attached hydrogens (primary N) is 1. The summed E-state index contributed by atoms with van der Waals surface area (Å²) in [7, 11) is 1.60. The lowest BCUT2D eigenvalue weighted by Crippen LogP contribution is -2.30. The number of hydrogen-bond acceptors (Lipinski definition) is 6. The Labute approximate surface area is 222 Å². The van der Waals surface area contributed by atoms with Gasteiger partial charge in [-0.25, -0.2) is 4.98 Å². The lowest BCUT2D eigenvalue weighted by Gasteiger charge is -2.28. The molecule has 4 rings (SSSR count). The predicted octanol–water partition coefficient (Wildman–Crippen LogP) is 5.28. The zero-order valence-electron chi connectivity index (χ0n) is 21.1. The van der Waals surface area contributed by atoms with E-state index in [2.05, 4.69) is 70.5 Å². The third-order valence-electron chi connectivity index (χ3n) is 6.17. The molecule has 1 heterocycles. The van der Waals surface area contributed by atoms with Crippen LogP contribution in [0.3, 0.4) is 0 Å². The van der Waals surface area contributed by atoms with Gasteiger partial charge >= 0.3 is 0 Å². The summed E-state index contributed by atoms with van der Waals surface area (Å²) < 4.78 is 11.5. The van der Waals surface area contributed by atoms with Gasteiger partial charge in [-0.1, -0.05) is 66.7 Å². The molecule has 192 valence electrons. The van der Waals surface area contributed by atoms with Crippen molar-refractivity contribution in [1.82, 2.24) is 9.88 Å². The summed E-state index contributed by atoms with van der Waals surface area (Å²) in [5.41, 5.74) is 8.72. The van der Waals surface area contributed by atoms with E-state index in [1.807, 2.05) is 23.7 Å². The van der Waals surface area contributed by atoms with E-state index in [1.165, 1.54) is 11.1 Å². The molecular formula is C30H33N3O3S. The predicted molar refractivity (Wildman–Crippen MR) is 148 cm³/mol. The van der Waals surface area contributed by atoms with Crippen LogP contribution in [0.2, 0.25) is 0 Å². The lowest BCUT2D eigenvalue weighted by molar-refractivity contribution is -0.117. The first kappa shape index (κ1) is 26.4. The van der Waals surface area contributed by atoms with Crippen LogP contribution in [-0.2, 0) is 17.8 Å². The van der Waals surface area contributed by atoms with Crippen LogP contribution in [0.15, 0.2) is 90.4 Å². The van der Waals surface area contributed by atoms with Crippen LogP contribution < -0.4 is 15.2 Å². The molecule has 2 N–H and O–H groups in total. The molecular weight excluding hydrogens is 482 g/mol. The van der Waals surface area contributed by atoms with Crippen molar-refractivity contribution in [2.24, 2.45) is 5.73 Å². The Morgan fingerprint density at radius 3 is 2.30 bits per heavy atom. The largest absolute Gasteiger partial charge is 0.493 e. The van der Waals surface area contributed by atoms with E-state index < -0.39 is 0 Å². The Kier molecular flexibility index (Phi) is 9.68. The highest BCUT2D eigenvalue weighted by Crippen LogP contribution is 2.29. The Morgan fingerprint density at radius 2 is 1.70 bits per heavy atom.